The summed E-state index contributed by atoms with van der Waals surface area (Å²) in [6, 6.07) is 0. The van der Waals surface area contributed by atoms with E-state index in [1.165, 1.54) is 0 Å². The van der Waals surface area contributed by atoms with Gasteiger partial charge in [-0.1, -0.05) is 0 Å². The zero-order valence-corrected chi connectivity index (χ0v) is 10.7. The van der Waals surface area contributed by atoms with Gasteiger partial charge in [-0.2, -0.15) is 0 Å². The molecule has 0 unspecified atom stereocenters. The quantitative estimate of drug-likeness (QED) is 0.588. The van der Waals surface area contributed by atoms with Crippen LogP contribution in [0.5, 0.6) is 0 Å². The maximum absolute atomic E-state index is 11.5. The summed E-state index contributed by atoms with van der Waals surface area (Å²) in [4.78, 5) is 23.0. The molecule has 6 nitrogen and oxygen atoms in total. The molecule has 0 spiro atoms. The Morgan fingerprint density at radius 2 is 2.24 bits per heavy atom. The average Bonchev–Trinajstić information content (AvgIpc) is 2.22. The van der Waals surface area contributed by atoms with Crippen molar-refractivity contribution in [3.8, 4) is 0 Å². The lowest BCUT2D eigenvalue weighted by Gasteiger charge is -2.32. The lowest BCUT2D eigenvalue weighted by atomic mass is 10.2. The third-order valence-electron chi connectivity index (χ3n) is 1.96. The van der Waals surface area contributed by atoms with Gasteiger partial charge in [0, 0.05) is 0 Å². The number of rotatable bonds is 4. The van der Waals surface area contributed by atoms with Crippen LogP contribution in [-0.2, 0) is 23.8 Å². The topological polar surface area (TPSA) is 73.9 Å². The number of carbonyl (C=O) groups excluding carboxylic acids is 2. The van der Waals surface area contributed by atoms with Crippen LogP contribution < -0.4 is 5.32 Å². The molecule has 1 heterocycles. The number of alkyl halides is 1. The first-order valence-corrected chi connectivity index (χ1v) is 5.81. The molecule has 1 aliphatic heterocycles. The van der Waals surface area contributed by atoms with Crippen molar-refractivity contribution in [2.75, 3.05) is 6.61 Å². The van der Waals surface area contributed by atoms with Crippen LogP contribution in [0.15, 0.2) is 0 Å². The highest BCUT2D eigenvalue weighted by atomic mass is 35.5. The summed E-state index contributed by atoms with van der Waals surface area (Å²) in [5.41, 5.74) is 0. The number of amides is 1. The van der Waals surface area contributed by atoms with Crippen LogP contribution >= 0.6 is 11.6 Å². The van der Waals surface area contributed by atoms with Gasteiger partial charge in [-0.15, -0.1) is 11.6 Å². The number of hydrogen-bond acceptors (Lipinski definition) is 5. The van der Waals surface area contributed by atoms with Gasteiger partial charge in [0.1, 0.15) is 5.38 Å². The summed E-state index contributed by atoms with van der Waals surface area (Å²) >= 11 is 5.77. The highest BCUT2D eigenvalue weighted by Gasteiger charge is 2.42. The fraction of sp³-hybridized carbons (Fsp3) is 0.800. The largest absolute Gasteiger partial charge is 0.464 e. The van der Waals surface area contributed by atoms with Crippen LogP contribution in [0.2, 0.25) is 0 Å². The molecule has 1 amide bonds. The second kappa shape index (κ2) is 6.18. The normalized spacial score (nSPS) is 29.0. The highest BCUT2D eigenvalue weighted by molar-refractivity contribution is 6.32. The smallest absolute Gasteiger partial charge is 0.337 e. The number of ether oxygens (including phenoxy) is 3. The molecule has 98 valence electrons. The van der Waals surface area contributed by atoms with Crippen molar-refractivity contribution >= 4 is 23.5 Å². The van der Waals surface area contributed by atoms with Gasteiger partial charge in [0.25, 0.3) is 0 Å². The Morgan fingerprint density at radius 3 is 2.76 bits per heavy atom. The fourth-order valence-electron chi connectivity index (χ4n) is 1.28. The molecule has 1 N–H and O–H groups in total. The Kier molecular flexibility index (Phi) is 5.17. The maximum Gasteiger partial charge on any atom is 0.337 e. The van der Waals surface area contributed by atoms with E-state index in [0.717, 1.165) is 0 Å². The van der Waals surface area contributed by atoms with E-state index in [-0.39, 0.29) is 12.7 Å². The standard InChI is InChI=1S/C10H16ClNO5/c1-4-15-9(14)7-6(11)8(13)12-10(17-7)16-5(2)3/h5-7,10H,4H2,1-3H3,(H,12,13)/t6-,7-,10+/m0/s1. The molecule has 17 heavy (non-hydrogen) atoms. The number of carbonyl (C=O) groups is 2. The zero-order valence-electron chi connectivity index (χ0n) is 9.94. The summed E-state index contributed by atoms with van der Waals surface area (Å²) < 4.78 is 15.3. The molecule has 1 aliphatic rings. The van der Waals surface area contributed by atoms with Gasteiger partial charge in [0.15, 0.2) is 6.10 Å². The van der Waals surface area contributed by atoms with Crippen molar-refractivity contribution in [2.24, 2.45) is 0 Å². The molecule has 0 bridgehead atoms. The summed E-state index contributed by atoms with van der Waals surface area (Å²) in [7, 11) is 0. The minimum Gasteiger partial charge on any atom is -0.464 e. The number of hydrogen-bond donors (Lipinski definition) is 1. The van der Waals surface area contributed by atoms with E-state index in [4.69, 9.17) is 25.8 Å². The zero-order chi connectivity index (χ0) is 13.0. The number of halogens is 1. The van der Waals surface area contributed by atoms with Crippen molar-refractivity contribution in [1.82, 2.24) is 5.32 Å². The van der Waals surface area contributed by atoms with E-state index in [9.17, 15) is 9.59 Å². The molecule has 0 aliphatic carbocycles. The minimum atomic E-state index is -1.14. The molecule has 1 saturated heterocycles. The van der Waals surface area contributed by atoms with E-state index in [1.807, 2.05) is 0 Å². The lowest BCUT2D eigenvalue weighted by molar-refractivity contribution is -0.226. The molecule has 0 aromatic heterocycles. The van der Waals surface area contributed by atoms with E-state index < -0.39 is 29.8 Å². The van der Waals surface area contributed by atoms with Crippen LogP contribution in [0.4, 0.5) is 0 Å². The Morgan fingerprint density at radius 1 is 1.59 bits per heavy atom. The monoisotopic (exact) mass is 265 g/mol. The van der Waals surface area contributed by atoms with Gasteiger partial charge in [-0.3, -0.25) is 4.79 Å². The predicted molar refractivity (Wildman–Crippen MR) is 59.3 cm³/mol. The molecule has 0 aromatic rings. The van der Waals surface area contributed by atoms with Gasteiger partial charge < -0.3 is 19.5 Å². The average molecular weight is 266 g/mol. The number of nitrogens with one attached hydrogen (secondary N) is 1. The highest BCUT2D eigenvalue weighted by Crippen LogP contribution is 2.17. The van der Waals surface area contributed by atoms with Gasteiger partial charge in [-0.25, -0.2) is 4.79 Å². The number of esters is 1. The van der Waals surface area contributed by atoms with Crippen molar-refractivity contribution in [3.05, 3.63) is 0 Å². The van der Waals surface area contributed by atoms with Crippen molar-refractivity contribution < 1.29 is 23.8 Å². The van der Waals surface area contributed by atoms with E-state index >= 15 is 0 Å². The molecule has 0 radical (unpaired) electrons. The summed E-state index contributed by atoms with van der Waals surface area (Å²) in [6.07, 6.45) is -2.28. The van der Waals surface area contributed by atoms with Gasteiger partial charge in [0.2, 0.25) is 12.3 Å². The Hall–Kier alpha value is -0.850. The van der Waals surface area contributed by atoms with E-state index in [0.29, 0.717) is 0 Å². The Balaban J connectivity index is 2.67. The van der Waals surface area contributed by atoms with Crippen LogP contribution in [-0.4, -0.2) is 42.5 Å². The molecule has 1 fully saturated rings. The third-order valence-corrected chi connectivity index (χ3v) is 2.39. The molecule has 0 aromatic carbocycles. The van der Waals surface area contributed by atoms with Crippen molar-refractivity contribution in [1.29, 1.82) is 0 Å². The molecular weight excluding hydrogens is 250 g/mol. The van der Waals surface area contributed by atoms with Crippen LogP contribution in [0.1, 0.15) is 20.8 Å². The third kappa shape index (κ3) is 3.83. The second-order valence-corrected chi connectivity index (χ2v) is 4.21. The minimum absolute atomic E-state index is 0.157. The van der Waals surface area contributed by atoms with E-state index in [2.05, 4.69) is 5.32 Å². The lowest BCUT2D eigenvalue weighted by Crippen LogP contribution is -2.57. The molecular formula is C10H16ClNO5. The van der Waals surface area contributed by atoms with Crippen LogP contribution in [0.3, 0.4) is 0 Å². The Bertz CT molecular complexity index is 296. The van der Waals surface area contributed by atoms with Gasteiger partial charge in [-0.05, 0) is 20.8 Å². The first kappa shape index (κ1) is 14.2. The van der Waals surface area contributed by atoms with Gasteiger partial charge in [0.05, 0.1) is 12.7 Å². The first-order chi connectivity index (χ1) is 7.95. The van der Waals surface area contributed by atoms with Crippen molar-refractivity contribution in [2.45, 2.75) is 44.8 Å². The van der Waals surface area contributed by atoms with Gasteiger partial charge >= 0.3 is 5.97 Å². The van der Waals surface area contributed by atoms with Crippen molar-refractivity contribution in [3.63, 3.8) is 0 Å². The summed E-state index contributed by atoms with van der Waals surface area (Å²) in [5, 5.41) is 1.29. The predicted octanol–water partition coefficient (Wildman–Crippen LogP) is 0.380. The molecule has 7 heteroatoms. The molecule has 1 rings (SSSR count). The van der Waals surface area contributed by atoms with Crippen LogP contribution in [0, 0.1) is 0 Å². The Labute approximate surface area is 105 Å². The second-order valence-electron chi connectivity index (χ2n) is 3.74. The summed E-state index contributed by atoms with van der Waals surface area (Å²) in [5.74, 6) is -1.18. The fourth-order valence-corrected chi connectivity index (χ4v) is 1.51. The maximum atomic E-state index is 11.5. The first-order valence-electron chi connectivity index (χ1n) is 5.37. The summed E-state index contributed by atoms with van der Waals surface area (Å²) in [6.45, 7) is 5.41. The molecule has 3 atom stereocenters. The van der Waals surface area contributed by atoms with Crippen LogP contribution in [0.25, 0.3) is 0 Å². The molecule has 0 saturated carbocycles. The SMILES string of the molecule is CCOC(=O)[C@H]1O[C@@H](OC(C)C)NC(=O)[C@H]1Cl. The van der Waals surface area contributed by atoms with E-state index in [1.54, 1.807) is 20.8 Å².